The fourth-order valence-corrected chi connectivity index (χ4v) is 3.93. The molecule has 0 radical (unpaired) electrons. The first-order chi connectivity index (χ1) is 9.20. The van der Waals surface area contributed by atoms with Gasteiger partial charge in [0.1, 0.15) is 0 Å². The number of thioether (sulfide) groups is 1. The van der Waals surface area contributed by atoms with Gasteiger partial charge in [-0.05, 0) is 35.5 Å². The zero-order chi connectivity index (χ0) is 13.7. The topological polar surface area (TPSA) is 12.0 Å². The van der Waals surface area contributed by atoms with Crippen molar-refractivity contribution in [3.05, 3.63) is 52.9 Å². The van der Waals surface area contributed by atoms with E-state index in [1.807, 2.05) is 30.1 Å². The highest BCUT2D eigenvalue weighted by Crippen LogP contribution is 2.28. The summed E-state index contributed by atoms with van der Waals surface area (Å²) in [6.45, 7) is 4.47. The highest BCUT2D eigenvalue weighted by molar-refractivity contribution is 8.01. The van der Waals surface area contributed by atoms with Crippen LogP contribution in [0.5, 0.6) is 0 Å². The molecule has 1 aromatic heterocycles. The summed E-state index contributed by atoms with van der Waals surface area (Å²) in [5.74, 6) is 1.67. The summed E-state index contributed by atoms with van der Waals surface area (Å²) < 4.78 is 1.39. The minimum atomic E-state index is 0.410. The second-order valence-electron chi connectivity index (χ2n) is 4.91. The average molecular weight is 291 g/mol. The van der Waals surface area contributed by atoms with Crippen LogP contribution in [-0.2, 0) is 0 Å². The van der Waals surface area contributed by atoms with Crippen LogP contribution in [-0.4, -0.2) is 12.8 Å². The number of hydrogen-bond donors (Lipinski definition) is 1. The lowest BCUT2D eigenvalue weighted by Crippen LogP contribution is -2.18. The summed E-state index contributed by atoms with van der Waals surface area (Å²) in [5.41, 5.74) is 2.78. The lowest BCUT2D eigenvalue weighted by Gasteiger charge is -2.17. The highest BCUT2D eigenvalue weighted by Gasteiger charge is 2.10. The molecule has 0 amide bonds. The zero-order valence-corrected chi connectivity index (χ0v) is 13.4. The minimum Gasteiger partial charge on any atom is -0.312 e. The average Bonchev–Trinajstić information content (AvgIpc) is 2.93. The lowest BCUT2D eigenvalue weighted by atomic mass is 10.00. The first-order valence-corrected chi connectivity index (χ1v) is 8.50. The molecule has 3 heteroatoms. The molecule has 2 aromatic rings. The normalized spacial score (nSPS) is 12.8. The summed E-state index contributed by atoms with van der Waals surface area (Å²) in [7, 11) is 2.04. The molecule has 0 fully saturated rings. The fourth-order valence-electron chi connectivity index (χ4n) is 1.97. The van der Waals surface area contributed by atoms with Crippen LogP contribution in [0.3, 0.4) is 0 Å². The molecular weight excluding hydrogens is 270 g/mol. The largest absolute Gasteiger partial charge is 0.312 e. The van der Waals surface area contributed by atoms with E-state index in [-0.39, 0.29) is 0 Å². The molecule has 0 aliphatic heterocycles. The Hall–Kier alpha value is -0.770. The molecule has 1 N–H and O–H groups in total. The Labute approximate surface area is 124 Å². The van der Waals surface area contributed by atoms with E-state index in [9.17, 15) is 0 Å². The summed E-state index contributed by atoms with van der Waals surface area (Å²) in [4.78, 5) is 0. The van der Waals surface area contributed by atoms with E-state index >= 15 is 0 Å². The summed E-state index contributed by atoms with van der Waals surface area (Å²) >= 11 is 3.73. The lowest BCUT2D eigenvalue weighted by molar-refractivity contribution is 0.661. The van der Waals surface area contributed by atoms with E-state index in [2.05, 4.69) is 60.9 Å². The van der Waals surface area contributed by atoms with Gasteiger partial charge in [0.2, 0.25) is 0 Å². The second-order valence-corrected chi connectivity index (χ2v) is 7.17. The Morgan fingerprint density at radius 2 is 1.79 bits per heavy atom. The van der Waals surface area contributed by atoms with E-state index < -0.39 is 0 Å². The van der Waals surface area contributed by atoms with E-state index in [1.54, 1.807) is 0 Å². The van der Waals surface area contributed by atoms with Crippen LogP contribution >= 0.6 is 23.1 Å². The summed E-state index contributed by atoms with van der Waals surface area (Å²) in [5, 5.41) is 5.55. The van der Waals surface area contributed by atoms with Crippen molar-refractivity contribution in [2.24, 2.45) is 0 Å². The summed E-state index contributed by atoms with van der Waals surface area (Å²) in [6.07, 6.45) is 0. The van der Waals surface area contributed by atoms with Gasteiger partial charge in [-0.25, -0.2) is 0 Å². The smallest absolute Gasteiger partial charge is 0.0599 e. The van der Waals surface area contributed by atoms with Gasteiger partial charge < -0.3 is 5.32 Å². The third kappa shape index (κ3) is 4.10. The Morgan fingerprint density at radius 1 is 1.11 bits per heavy atom. The molecule has 102 valence electrons. The first-order valence-electron chi connectivity index (χ1n) is 6.64. The molecule has 0 aliphatic rings. The van der Waals surface area contributed by atoms with Crippen LogP contribution in [0.1, 0.15) is 36.9 Å². The minimum absolute atomic E-state index is 0.410. The number of thiophene rings is 1. The Kier molecular flexibility index (Phi) is 5.49. The van der Waals surface area contributed by atoms with Gasteiger partial charge in [-0.2, -0.15) is 0 Å². The van der Waals surface area contributed by atoms with Gasteiger partial charge in [-0.1, -0.05) is 44.2 Å². The third-order valence-electron chi connectivity index (χ3n) is 3.24. The monoisotopic (exact) mass is 291 g/mol. The molecule has 1 atom stereocenters. The van der Waals surface area contributed by atoms with E-state index in [4.69, 9.17) is 0 Å². The molecular formula is C16H21NS2. The summed E-state index contributed by atoms with van der Waals surface area (Å²) in [6, 6.07) is 13.7. The van der Waals surface area contributed by atoms with Crippen molar-refractivity contribution in [1.29, 1.82) is 0 Å². The molecule has 1 aromatic carbocycles. The van der Waals surface area contributed by atoms with Crippen LogP contribution in [0.2, 0.25) is 0 Å². The van der Waals surface area contributed by atoms with E-state index in [1.165, 1.54) is 15.3 Å². The van der Waals surface area contributed by atoms with Crippen molar-refractivity contribution in [3.8, 4) is 0 Å². The highest BCUT2D eigenvalue weighted by atomic mass is 32.2. The molecule has 0 spiro atoms. The number of nitrogens with one attached hydrogen (secondary N) is 1. The van der Waals surface area contributed by atoms with E-state index in [0.29, 0.717) is 12.0 Å². The molecule has 1 nitrogen and oxygen atoms in total. The predicted octanol–water partition coefficient (Wildman–Crippen LogP) is 4.92. The molecule has 0 saturated heterocycles. The Balaban J connectivity index is 2.00. The van der Waals surface area contributed by atoms with Gasteiger partial charge in [0.25, 0.3) is 0 Å². The molecule has 1 heterocycles. The Bertz CT molecular complexity index is 474. The van der Waals surface area contributed by atoms with Crippen molar-refractivity contribution < 1.29 is 0 Å². The van der Waals surface area contributed by atoms with Crippen molar-refractivity contribution >= 4 is 23.1 Å². The first kappa shape index (κ1) is 14.6. The van der Waals surface area contributed by atoms with Gasteiger partial charge in [0.15, 0.2) is 0 Å². The van der Waals surface area contributed by atoms with Crippen LogP contribution < -0.4 is 5.32 Å². The van der Waals surface area contributed by atoms with E-state index in [0.717, 1.165) is 5.75 Å². The standard InChI is InChI=1S/C16H21NS2/c1-12(2)13-6-8-14(9-7-13)15(17-3)11-19-16-5-4-10-18-16/h4-10,12,15,17H,11H2,1-3H3. The Morgan fingerprint density at radius 3 is 2.32 bits per heavy atom. The van der Waals surface area contributed by atoms with Crippen molar-refractivity contribution in [3.63, 3.8) is 0 Å². The van der Waals surface area contributed by atoms with Crippen molar-refractivity contribution in [2.45, 2.75) is 30.0 Å². The number of benzene rings is 1. The maximum absolute atomic E-state index is 3.41. The molecule has 0 aliphatic carbocycles. The molecule has 1 unspecified atom stereocenters. The number of rotatable bonds is 6. The van der Waals surface area contributed by atoms with Gasteiger partial charge in [-0.15, -0.1) is 23.1 Å². The zero-order valence-electron chi connectivity index (χ0n) is 11.7. The van der Waals surface area contributed by atoms with Gasteiger partial charge in [0, 0.05) is 11.8 Å². The van der Waals surface area contributed by atoms with Crippen molar-refractivity contribution in [2.75, 3.05) is 12.8 Å². The number of hydrogen-bond acceptors (Lipinski definition) is 3. The van der Waals surface area contributed by atoms with Crippen molar-refractivity contribution in [1.82, 2.24) is 5.32 Å². The molecule has 0 bridgehead atoms. The van der Waals surface area contributed by atoms with Crippen LogP contribution in [0.15, 0.2) is 46.0 Å². The fraction of sp³-hybridized carbons (Fsp3) is 0.375. The maximum Gasteiger partial charge on any atom is 0.0599 e. The van der Waals surface area contributed by atoms with Crippen LogP contribution in [0.25, 0.3) is 0 Å². The van der Waals surface area contributed by atoms with Gasteiger partial charge in [-0.3, -0.25) is 0 Å². The van der Waals surface area contributed by atoms with Gasteiger partial charge >= 0.3 is 0 Å². The molecule has 0 saturated carbocycles. The molecule has 2 rings (SSSR count). The van der Waals surface area contributed by atoms with Crippen LogP contribution in [0, 0.1) is 0 Å². The van der Waals surface area contributed by atoms with Crippen LogP contribution in [0.4, 0.5) is 0 Å². The second kappa shape index (κ2) is 7.13. The third-order valence-corrected chi connectivity index (χ3v) is 5.47. The maximum atomic E-state index is 3.41. The SMILES string of the molecule is CNC(CSc1cccs1)c1ccc(C(C)C)cc1. The predicted molar refractivity (Wildman–Crippen MR) is 87.4 cm³/mol. The quantitative estimate of drug-likeness (QED) is 0.758. The van der Waals surface area contributed by atoms with Gasteiger partial charge in [0.05, 0.1) is 4.21 Å². The molecule has 19 heavy (non-hydrogen) atoms.